The van der Waals surface area contributed by atoms with Gasteiger partial charge in [-0.25, -0.2) is 4.79 Å². The van der Waals surface area contributed by atoms with Crippen molar-refractivity contribution in [1.82, 2.24) is 4.90 Å². The van der Waals surface area contributed by atoms with Crippen molar-refractivity contribution in [1.29, 1.82) is 0 Å². The van der Waals surface area contributed by atoms with E-state index in [9.17, 15) is 14.4 Å². The Morgan fingerprint density at radius 3 is 2.15 bits per heavy atom. The molecule has 26 heavy (non-hydrogen) atoms. The number of thioether (sulfide) groups is 1. The summed E-state index contributed by atoms with van der Waals surface area (Å²) in [6, 6.07) is 12.7. The first kappa shape index (κ1) is 18.2. The van der Waals surface area contributed by atoms with Gasteiger partial charge < -0.3 is 4.74 Å². The number of aryl methyl sites for hydroxylation is 1. The zero-order valence-corrected chi connectivity index (χ0v) is 15.4. The molecular weight excluding hydrogens is 350 g/mol. The molecule has 0 spiro atoms. The van der Waals surface area contributed by atoms with Crippen LogP contribution in [-0.4, -0.2) is 40.7 Å². The average Bonchev–Trinajstić information content (AvgIpc) is 2.89. The number of imide groups is 1. The number of esters is 1. The molecule has 2 amide bonds. The highest BCUT2D eigenvalue weighted by atomic mass is 32.2. The second kappa shape index (κ2) is 7.74. The van der Waals surface area contributed by atoms with Crippen LogP contribution in [-0.2, 0) is 4.79 Å². The number of carbonyl (C=O) groups is 3. The number of benzene rings is 2. The lowest BCUT2D eigenvalue weighted by molar-refractivity contribution is -0.138. The van der Waals surface area contributed by atoms with E-state index in [1.54, 1.807) is 48.2 Å². The van der Waals surface area contributed by atoms with E-state index in [1.165, 1.54) is 0 Å². The fourth-order valence-electron chi connectivity index (χ4n) is 2.86. The van der Waals surface area contributed by atoms with Gasteiger partial charge in [-0.1, -0.05) is 29.8 Å². The maximum absolute atomic E-state index is 12.8. The summed E-state index contributed by atoms with van der Waals surface area (Å²) in [4.78, 5) is 39.2. The Morgan fingerprint density at radius 1 is 1.04 bits per heavy atom. The number of rotatable bonds is 6. The minimum absolute atomic E-state index is 0.329. The van der Waals surface area contributed by atoms with E-state index in [0.29, 0.717) is 29.1 Å². The first-order valence-corrected chi connectivity index (χ1v) is 9.66. The van der Waals surface area contributed by atoms with Crippen molar-refractivity contribution in [2.45, 2.75) is 19.4 Å². The van der Waals surface area contributed by atoms with Crippen molar-refractivity contribution in [3.8, 4) is 5.75 Å². The van der Waals surface area contributed by atoms with Crippen molar-refractivity contribution in [2.75, 3.05) is 12.0 Å². The van der Waals surface area contributed by atoms with E-state index >= 15 is 0 Å². The van der Waals surface area contributed by atoms with Gasteiger partial charge >= 0.3 is 5.97 Å². The molecule has 5 nitrogen and oxygen atoms in total. The molecule has 0 aromatic heterocycles. The van der Waals surface area contributed by atoms with Crippen molar-refractivity contribution >= 4 is 29.5 Å². The van der Waals surface area contributed by atoms with Crippen molar-refractivity contribution < 1.29 is 19.1 Å². The van der Waals surface area contributed by atoms with Gasteiger partial charge in [0.05, 0.1) is 11.1 Å². The van der Waals surface area contributed by atoms with E-state index in [1.807, 2.05) is 25.3 Å². The second-order valence-corrected chi connectivity index (χ2v) is 7.04. The molecule has 1 atom stereocenters. The second-order valence-electron chi connectivity index (χ2n) is 6.06. The summed E-state index contributed by atoms with van der Waals surface area (Å²) in [7, 11) is 0. The van der Waals surface area contributed by atoms with Gasteiger partial charge in [0.25, 0.3) is 11.8 Å². The van der Waals surface area contributed by atoms with Crippen molar-refractivity contribution in [3.05, 3.63) is 65.2 Å². The molecule has 3 rings (SSSR count). The van der Waals surface area contributed by atoms with E-state index in [2.05, 4.69) is 0 Å². The molecular formula is C20H19NO4S. The van der Waals surface area contributed by atoms with Crippen LogP contribution < -0.4 is 4.74 Å². The number of carbonyl (C=O) groups excluding carboxylic acids is 3. The highest BCUT2D eigenvalue weighted by Gasteiger charge is 2.43. The van der Waals surface area contributed by atoms with Crippen LogP contribution in [0, 0.1) is 6.92 Å². The standard InChI is InChI=1S/C20H19NO4S/c1-13-7-9-14(10-8-13)25-20(24)17(11-12-26-2)21-18(22)15-5-3-4-6-16(15)19(21)23/h3-10,17H,11-12H2,1-2H3/t17-/m1/s1. The Balaban J connectivity index is 1.86. The summed E-state index contributed by atoms with van der Waals surface area (Å²) in [5.41, 5.74) is 1.70. The number of fused-ring (bicyclic) bond motifs is 1. The van der Waals surface area contributed by atoms with Gasteiger partial charge in [0.1, 0.15) is 11.8 Å². The minimum Gasteiger partial charge on any atom is -0.425 e. The quantitative estimate of drug-likeness (QED) is 0.444. The van der Waals surface area contributed by atoms with Gasteiger partial charge in [0.2, 0.25) is 0 Å². The molecule has 1 heterocycles. The van der Waals surface area contributed by atoms with E-state index < -0.39 is 23.8 Å². The highest BCUT2D eigenvalue weighted by Crippen LogP contribution is 2.27. The SMILES string of the molecule is CSCC[C@H](C(=O)Oc1ccc(C)cc1)N1C(=O)c2ccccc2C1=O. The van der Waals surface area contributed by atoms with Crippen molar-refractivity contribution in [3.63, 3.8) is 0 Å². The molecule has 0 saturated heterocycles. The van der Waals surface area contributed by atoms with Crippen LogP contribution >= 0.6 is 11.8 Å². The van der Waals surface area contributed by atoms with Crippen molar-refractivity contribution in [2.24, 2.45) is 0 Å². The summed E-state index contributed by atoms with van der Waals surface area (Å²) >= 11 is 1.54. The Bertz CT molecular complexity index is 812. The molecule has 134 valence electrons. The molecule has 0 saturated carbocycles. The van der Waals surface area contributed by atoms with Gasteiger partial charge in [0.15, 0.2) is 0 Å². The van der Waals surface area contributed by atoms with Crippen LogP contribution in [0.4, 0.5) is 0 Å². The number of nitrogens with zero attached hydrogens (tertiary/aromatic N) is 1. The third-order valence-corrected chi connectivity index (χ3v) is 4.89. The van der Waals surface area contributed by atoms with Crippen LogP contribution in [0.2, 0.25) is 0 Å². The lowest BCUT2D eigenvalue weighted by atomic mass is 10.1. The molecule has 1 aliphatic rings. The molecule has 0 bridgehead atoms. The average molecular weight is 369 g/mol. The zero-order valence-electron chi connectivity index (χ0n) is 14.6. The van der Waals surface area contributed by atoms with E-state index in [-0.39, 0.29) is 0 Å². The molecule has 2 aromatic carbocycles. The van der Waals surface area contributed by atoms with Gasteiger partial charge in [-0.3, -0.25) is 14.5 Å². The van der Waals surface area contributed by atoms with Crippen LogP contribution in [0.1, 0.15) is 32.7 Å². The molecule has 2 aromatic rings. The lowest BCUT2D eigenvalue weighted by Gasteiger charge is -2.24. The summed E-state index contributed by atoms with van der Waals surface area (Å²) in [6.45, 7) is 1.94. The maximum atomic E-state index is 12.8. The lowest BCUT2D eigenvalue weighted by Crippen LogP contribution is -2.47. The van der Waals surface area contributed by atoms with Crippen LogP contribution in [0.5, 0.6) is 5.75 Å². The minimum atomic E-state index is -0.948. The smallest absolute Gasteiger partial charge is 0.334 e. The topological polar surface area (TPSA) is 63.7 Å². The Kier molecular flexibility index (Phi) is 5.42. The molecule has 1 aliphatic heterocycles. The molecule has 0 unspecified atom stereocenters. The van der Waals surface area contributed by atoms with Crippen LogP contribution in [0.15, 0.2) is 48.5 Å². The predicted molar refractivity (Wildman–Crippen MR) is 101 cm³/mol. The van der Waals surface area contributed by atoms with Gasteiger partial charge in [-0.15, -0.1) is 0 Å². The fraction of sp³-hybridized carbons (Fsp3) is 0.250. The summed E-state index contributed by atoms with van der Waals surface area (Å²) in [5.74, 6) is -0.472. The first-order valence-electron chi connectivity index (χ1n) is 8.27. The van der Waals surface area contributed by atoms with Gasteiger partial charge in [0, 0.05) is 0 Å². The van der Waals surface area contributed by atoms with Gasteiger partial charge in [-0.05, 0) is 49.6 Å². The molecule has 0 N–H and O–H groups in total. The Labute approximate surface area is 156 Å². The third-order valence-electron chi connectivity index (χ3n) is 4.24. The molecule has 6 heteroatoms. The number of amides is 2. The highest BCUT2D eigenvalue weighted by molar-refractivity contribution is 7.98. The summed E-state index contributed by atoms with van der Waals surface area (Å²) < 4.78 is 5.44. The third kappa shape index (κ3) is 3.51. The molecule has 0 radical (unpaired) electrons. The maximum Gasteiger partial charge on any atom is 0.334 e. The van der Waals surface area contributed by atoms with E-state index in [0.717, 1.165) is 10.5 Å². The first-order chi connectivity index (χ1) is 12.5. The number of hydrogen-bond donors (Lipinski definition) is 0. The van der Waals surface area contributed by atoms with E-state index in [4.69, 9.17) is 4.74 Å². The van der Waals surface area contributed by atoms with Gasteiger partial charge in [-0.2, -0.15) is 11.8 Å². The zero-order chi connectivity index (χ0) is 18.7. The largest absolute Gasteiger partial charge is 0.425 e. The Morgan fingerprint density at radius 2 is 1.62 bits per heavy atom. The fourth-order valence-corrected chi connectivity index (χ4v) is 3.32. The number of ether oxygens (including phenoxy) is 1. The predicted octanol–water partition coefficient (Wildman–Crippen LogP) is 3.32. The summed E-state index contributed by atoms with van der Waals surface area (Å²) in [6.07, 6.45) is 2.25. The molecule has 0 fully saturated rings. The molecule has 0 aliphatic carbocycles. The summed E-state index contributed by atoms with van der Waals surface area (Å²) in [5, 5.41) is 0. The number of hydrogen-bond acceptors (Lipinski definition) is 5. The normalized spacial score (nSPS) is 14.3. The Hall–Kier alpha value is -2.60. The monoisotopic (exact) mass is 369 g/mol. The van der Waals surface area contributed by atoms with Crippen LogP contribution in [0.25, 0.3) is 0 Å². The van der Waals surface area contributed by atoms with Crippen LogP contribution in [0.3, 0.4) is 0 Å².